The van der Waals surface area contributed by atoms with Gasteiger partial charge in [0.1, 0.15) is 12.4 Å². The van der Waals surface area contributed by atoms with Crippen LogP contribution < -0.4 is 10.5 Å². The summed E-state index contributed by atoms with van der Waals surface area (Å²) in [7, 11) is 0. The smallest absolute Gasteiger partial charge is 0.119 e. The van der Waals surface area contributed by atoms with Crippen LogP contribution in [-0.2, 0) is 6.54 Å². The van der Waals surface area contributed by atoms with Gasteiger partial charge in [-0.1, -0.05) is 26.0 Å². The Morgan fingerprint density at radius 3 is 2.70 bits per heavy atom. The first-order chi connectivity index (χ1) is 9.69. The summed E-state index contributed by atoms with van der Waals surface area (Å²) >= 11 is 0. The molecule has 0 aliphatic carbocycles. The molecular formula is C17H28N2O. The molecule has 1 aliphatic heterocycles. The minimum Gasteiger partial charge on any atom is -0.492 e. The Kier molecular flexibility index (Phi) is 5.86. The zero-order valence-corrected chi connectivity index (χ0v) is 12.8. The van der Waals surface area contributed by atoms with Crippen LogP contribution >= 0.6 is 0 Å². The number of hydrogen-bond donors (Lipinski definition) is 1. The second-order valence-corrected chi connectivity index (χ2v) is 6.12. The van der Waals surface area contributed by atoms with Crippen LogP contribution in [0.1, 0.15) is 32.3 Å². The van der Waals surface area contributed by atoms with E-state index in [2.05, 4.69) is 18.7 Å². The maximum absolute atomic E-state index is 5.83. The Morgan fingerprint density at radius 1 is 1.30 bits per heavy atom. The number of nitrogens with zero attached hydrogens (tertiary/aromatic N) is 1. The van der Waals surface area contributed by atoms with Crippen LogP contribution in [-0.4, -0.2) is 31.1 Å². The van der Waals surface area contributed by atoms with E-state index < -0.39 is 0 Å². The van der Waals surface area contributed by atoms with Crippen LogP contribution in [0.15, 0.2) is 24.3 Å². The highest BCUT2D eigenvalue weighted by Crippen LogP contribution is 2.24. The first kappa shape index (κ1) is 15.3. The van der Waals surface area contributed by atoms with Crippen molar-refractivity contribution in [1.82, 2.24) is 4.90 Å². The Balaban J connectivity index is 1.69. The van der Waals surface area contributed by atoms with Crippen LogP contribution in [0.4, 0.5) is 0 Å². The average molecular weight is 276 g/mol. The van der Waals surface area contributed by atoms with Gasteiger partial charge in [-0.2, -0.15) is 0 Å². The van der Waals surface area contributed by atoms with E-state index in [1.54, 1.807) is 0 Å². The summed E-state index contributed by atoms with van der Waals surface area (Å²) in [6.07, 6.45) is 2.67. The average Bonchev–Trinajstić information content (AvgIpc) is 2.48. The Bertz CT molecular complexity index is 398. The van der Waals surface area contributed by atoms with Crippen LogP contribution in [0, 0.1) is 11.8 Å². The molecule has 0 saturated carbocycles. The van der Waals surface area contributed by atoms with E-state index in [9.17, 15) is 0 Å². The summed E-state index contributed by atoms with van der Waals surface area (Å²) in [6, 6.07) is 8.07. The van der Waals surface area contributed by atoms with Crippen molar-refractivity contribution < 1.29 is 4.74 Å². The van der Waals surface area contributed by atoms with Gasteiger partial charge in [-0.3, -0.25) is 4.90 Å². The third-order valence-corrected chi connectivity index (χ3v) is 4.39. The maximum Gasteiger partial charge on any atom is 0.119 e. The molecule has 112 valence electrons. The zero-order chi connectivity index (χ0) is 14.4. The molecule has 0 bridgehead atoms. The van der Waals surface area contributed by atoms with Gasteiger partial charge in [0.25, 0.3) is 0 Å². The number of benzene rings is 1. The quantitative estimate of drug-likeness (QED) is 0.868. The molecule has 0 unspecified atom stereocenters. The van der Waals surface area contributed by atoms with E-state index in [1.807, 2.05) is 24.3 Å². The molecule has 1 aromatic rings. The molecule has 3 heteroatoms. The monoisotopic (exact) mass is 276 g/mol. The first-order valence-electron chi connectivity index (χ1n) is 7.83. The molecule has 1 fully saturated rings. The summed E-state index contributed by atoms with van der Waals surface area (Å²) in [5.74, 6) is 2.67. The van der Waals surface area contributed by atoms with Crippen LogP contribution in [0.25, 0.3) is 0 Å². The molecule has 0 amide bonds. The molecule has 2 rings (SSSR count). The van der Waals surface area contributed by atoms with Gasteiger partial charge in [0.05, 0.1) is 0 Å². The van der Waals surface area contributed by atoms with Crippen molar-refractivity contribution in [1.29, 1.82) is 0 Å². The van der Waals surface area contributed by atoms with Gasteiger partial charge in [0, 0.05) is 13.1 Å². The lowest BCUT2D eigenvalue weighted by Crippen LogP contribution is -2.37. The molecule has 1 aromatic carbocycles. The lowest BCUT2D eigenvalue weighted by Gasteiger charge is -2.33. The van der Waals surface area contributed by atoms with Crippen molar-refractivity contribution in [3.05, 3.63) is 29.8 Å². The molecule has 1 heterocycles. The SMILES string of the molecule is CC(C)C1CCN(CCOc2cccc(CN)c2)CC1. The normalized spacial score (nSPS) is 17.6. The van der Waals surface area contributed by atoms with E-state index in [-0.39, 0.29) is 0 Å². The summed E-state index contributed by atoms with van der Waals surface area (Å²) in [5, 5.41) is 0. The molecule has 1 saturated heterocycles. The van der Waals surface area contributed by atoms with E-state index in [0.717, 1.165) is 36.3 Å². The van der Waals surface area contributed by atoms with E-state index in [4.69, 9.17) is 10.5 Å². The minimum absolute atomic E-state index is 0.569. The third-order valence-electron chi connectivity index (χ3n) is 4.39. The Labute approximate surface area is 123 Å². The second-order valence-electron chi connectivity index (χ2n) is 6.12. The van der Waals surface area contributed by atoms with Crippen molar-refractivity contribution in [2.24, 2.45) is 17.6 Å². The molecule has 20 heavy (non-hydrogen) atoms. The minimum atomic E-state index is 0.569. The summed E-state index contributed by atoms with van der Waals surface area (Å²) < 4.78 is 5.83. The molecule has 2 N–H and O–H groups in total. The van der Waals surface area contributed by atoms with Gasteiger partial charge >= 0.3 is 0 Å². The van der Waals surface area contributed by atoms with Gasteiger partial charge in [-0.25, -0.2) is 0 Å². The van der Waals surface area contributed by atoms with Crippen molar-refractivity contribution in [3.8, 4) is 5.75 Å². The fourth-order valence-corrected chi connectivity index (χ4v) is 2.90. The number of rotatable bonds is 6. The predicted molar refractivity (Wildman–Crippen MR) is 83.8 cm³/mol. The van der Waals surface area contributed by atoms with Crippen molar-refractivity contribution >= 4 is 0 Å². The molecule has 0 spiro atoms. The third kappa shape index (κ3) is 4.50. The summed E-state index contributed by atoms with van der Waals surface area (Å²) in [5.41, 5.74) is 6.76. The largest absolute Gasteiger partial charge is 0.492 e. The Hall–Kier alpha value is -1.06. The van der Waals surface area contributed by atoms with Crippen molar-refractivity contribution in [2.45, 2.75) is 33.2 Å². The van der Waals surface area contributed by atoms with Gasteiger partial charge in [-0.15, -0.1) is 0 Å². The zero-order valence-electron chi connectivity index (χ0n) is 12.8. The number of piperidine rings is 1. The highest BCUT2D eigenvalue weighted by Gasteiger charge is 2.21. The lowest BCUT2D eigenvalue weighted by atomic mass is 9.87. The molecule has 0 radical (unpaired) electrons. The number of ether oxygens (including phenoxy) is 1. The molecule has 1 aliphatic rings. The van der Waals surface area contributed by atoms with Crippen molar-refractivity contribution in [3.63, 3.8) is 0 Å². The van der Waals surface area contributed by atoms with Gasteiger partial charge < -0.3 is 10.5 Å². The van der Waals surface area contributed by atoms with E-state index in [0.29, 0.717) is 6.54 Å². The van der Waals surface area contributed by atoms with E-state index in [1.165, 1.54) is 25.9 Å². The molecule has 0 atom stereocenters. The molecule has 3 nitrogen and oxygen atoms in total. The number of hydrogen-bond acceptors (Lipinski definition) is 3. The summed E-state index contributed by atoms with van der Waals surface area (Å²) in [6.45, 7) is 9.48. The highest BCUT2D eigenvalue weighted by molar-refractivity contribution is 5.28. The summed E-state index contributed by atoms with van der Waals surface area (Å²) in [4.78, 5) is 2.52. The second kappa shape index (κ2) is 7.65. The number of likely N-dealkylation sites (tertiary alicyclic amines) is 1. The Morgan fingerprint density at radius 2 is 2.05 bits per heavy atom. The van der Waals surface area contributed by atoms with Gasteiger partial charge in [0.15, 0.2) is 0 Å². The fraction of sp³-hybridized carbons (Fsp3) is 0.647. The van der Waals surface area contributed by atoms with Crippen LogP contribution in [0.3, 0.4) is 0 Å². The van der Waals surface area contributed by atoms with Gasteiger partial charge in [0.2, 0.25) is 0 Å². The van der Waals surface area contributed by atoms with Gasteiger partial charge in [-0.05, 0) is 55.5 Å². The van der Waals surface area contributed by atoms with Crippen LogP contribution in [0.5, 0.6) is 5.75 Å². The maximum atomic E-state index is 5.83. The predicted octanol–water partition coefficient (Wildman–Crippen LogP) is 2.89. The molecule has 0 aromatic heterocycles. The number of nitrogens with two attached hydrogens (primary N) is 1. The topological polar surface area (TPSA) is 38.5 Å². The fourth-order valence-electron chi connectivity index (χ4n) is 2.90. The van der Waals surface area contributed by atoms with Crippen molar-refractivity contribution in [2.75, 3.05) is 26.2 Å². The van der Waals surface area contributed by atoms with E-state index >= 15 is 0 Å². The van der Waals surface area contributed by atoms with Crippen LogP contribution in [0.2, 0.25) is 0 Å². The highest BCUT2D eigenvalue weighted by atomic mass is 16.5. The standard InChI is InChI=1S/C17H28N2O/c1-14(2)16-6-8-19(9-7-16)10-11-20-17-5-3-4-15(12-17)13-18/h3-5,12,14,16H,6-11,13,18H2,1-2H3. The molecular weight excluding hydrogens is 248 g/mol. The lowest BCUT2D eigenvalue weighted by molar-refractivity contribution is 0.136. The first-order valence-corrected chi connectivity index (χ1v) is 7.83.